The van der Waals surface area contributed by atoms with E-state index < -0.39 is 10.0 Å². The summed E-state index contributed by atoms with van der Waals surface area (Å²) in [6.07, 6.45) is 0. The molecule has 0 bridgehead atoms. The van der Waals surface area contributed by atoms with Crippen LogP contribution < -0.4 is 14.9 Å². The fourth-order valence-corrected chi connectivity index (χ4v) is 3.88. The smallest absolute Gasteiger partial charge is 0.261 e. The number of carbonyl (C=O) groups excluding carboxylic acids is 1. The van der Waals surface area contributed by atoms with Crippen molar-refractivity contribution in [1.29, 1.82) is 0 Å². The van der Waals surface area contributed by atoms with E-state index in [-0.39, 0.29) is 10.8 Å². The summed E-state index contributed by atoms with van der Waals surface area (Å²) in [5.74, 6) is -0.262. The van der Waals surface area contributed by atoms with E-state index in [1.54, 1.807) is 12.1 Å². The van der Waals surface area contributed by atoms with Crippen molar-refractivity contribution in [1.82, 2.24) is 5.32 Å². The molecule has 3 aromatic rings. The lowest BCUT2D eigenvalue weighted by molar-refractivity contribution is 0.0951. The van der Waals surface area contributed by atoms with Crippen molar-refractivity contribution in [2.45, 2.75) is 18.4 Å². The van der Waals surface area contributed by atoms with Crippen molar-refractivity contribution in [2.24, 2.45) is 0 Å². The number of benzene rings is 3. The summed E-state index contributed by atoms with van der Waals surface area (Å²) in [7, 11) is 0.218. The maximum absolute atomic E-state index is 12.5. The summed E-state index contributed by atoms with van der Waals surface area (Å²) in [5, 5.41) is 2.85. The fourth-order valence-electron chi connectivity index (χ4n) is 2.82. The largest absolute Gasteiger partial charge is 0.378 e. The average molecular weight is 424 g/mol. The molecule has 0 aliphatic carbocycles. The highest BCUT2D eigenvalue weighted by Gasteiger charge is 2.15. The van der Waals surface area contributed by atoms with Crippen LogP contribution in [0.5, 0.6) is 0 Å². The van der Waals surface area contributed by atoms with Gasteiger partial charge in [-0.05, 0) is 61.0 Å². The van der Waals surface area contributed by atoms with Crippen molar-refractivity contribution in [2.75, 3.05) is 23.7 Å². The standard InChI is InChI=1S/C23H25N3O3S/c1-17-4-10-20(11-5-17)25-30(28,29)22-14-8-19(9-15-22)23(27)24-16-18-6-12-21(13-7-18)26(2)3/h4-15,25H,16H2,1-3H3,(H,24,27). The second kappa shape index (κ2) is 9.00. The van der Waals surface area contributed by atoms with Crippen LogP contribution in [-0.4, -0.2) is 28.4 Å². The Labute approximate surface area is 177 Å². The second-order valence-electron chi connectivity index (χ2n) is 7.24. The Hall–Kier alpha value is -3.32. The molecule has 0 aliphatic rings. The predicted molar refractivity (Wildman–Crippen MR) is 120 cm³/mol. The monoisotopic (exact) mass is 423 g/mol. The second-order valence-corrected chi connectivity index (χ2v) is 8.92. The molecule has 0 fully saturated rings. The van der Waals surface area contributed by atoms with Gasteiger partial charge in [-0.2, -0.15) is 0 Å². The van der Waals surface area contributed by atoms with Gasteiger partial charge in [0.25, 0.3) is 15.9 Å². The first kappa shape index (κ1) is 21.4. The minimum Gasteiger partial charge on any atom is -0.378 e. The van der Waals surface area contributed by atoms with E-state index in [9.17, 15) is 13.2 Å². The third kappa shape index (κ3) is 5.39. The quantitative estimate of drug-likeness (QED) is 0.606. The Kier molecular flexibility index (Phi) is 6.42. The normalized spacial score (nSPS) is 11.0. The van der Waals surface area contributed by atoms with Gasteiger partial charge in [0.2, 0.25) is 0 Å². The SMILES string of the molecule is Cc1ccc(NS(=O)(=O)c2ccc(C(=O)NCc3ccc(N(C)C)cc3)cc2)cc1. The maximum atomic E-state index is 12.5. The van der Waals surface area contributed by atoms with Crippen molar-refractivity contribution in [3.05, 3.63) is 89.5 Å². The van der Waals surface area contributed by atoms with Gasteiger partial charge < -0.3 is 10.2 Å². The number of sulfonamides is 1. The first-order valence-corrected chi connectivity index (χ1v) is 11.0. The summed E-state index contributed by atoms with van der Waals surface area (Å²) in [6.45, 7) is 2.32. The zero-order valence-corrected chi connectivity index (χ0v) is 18.0. The zero-order chi connectivity index (χ0) is 21.7. The van der Waals surface area contributed by atoms with E-state index in [1.807, 2.05) is 62.3 Å². The lowest BCUT2D eigenvalue weighted by Crippen LogP contribution is -2.23. The first-order valence-electron chi connectivity index (χ1n) is 9.48. The third-order valence-electron chi connectivity index (χ3n) is 4.64. The first-order chi connectivity index (χ1) is 14.2. The van der Waals surface area contributed by atoms with Gasteiger partial charge in [0.15, 0.2) is 0 Å². The maximum Gasteiger partial charge on any atom is 0.261 e. The summed E-state index contributed by atoms with van der Waals surface area (Å²) in [4.78, 5) is 14.5. The van der Waals surface area contributed by atoms with Gasteiger partial charge in [0, 0.05) is 37.6 Å². The van der Waals surface area contributed by atoms with Gasteiger partial charge in [0.05, 0.1) is 4.90 Å². The fraction of sp³-hybridized carbons (Fsp3) is 0.174. The van der Waals surface area contributed by atoms with Crippen LogP contribution in [0.1, 0.15) is 21.5 Å². The van der Waals surface area contributed by atoms with Crippen LogP contribution in [-0.2, 0) is 16.6 Å². The summed E-state index contributed by atoms with van der Waals surface area (Å²) in [6, 6.07) is 20.9. The number of rotatable bonds is 7. The van der Waals surface area contributed by atoms with Crippen molar-refractivity contribution >= 4 is 27.3 Å². The van der Waals surface area contributed by atoms with E-state index in [1.165, 1.54) is 24.3 Å². The number of nitrogens with one attached hydrogen (secondary N) is 2. The van der Waals surface area contributed by atoms with E-state index in [2.05, 4.69) is 10.0 Å². The van der Waals surface area contributed by atoms with Crippen molar-refractivity contribution in [3.8, 4) is 0 Å². The Morgan fingerprint density at radius 2 is 1.47 bits per heavy atom. The molecule has 0 aromatic heterocycles. The highest BCUT2D eigenvalue weighted by molar-refractivity contribution is 7.92. The minimum absolute atomic E-state index is 0.0962. The number of amides is 1. The van der Waals surface area contributed by atoms with Crippen LogP contribution in [0.3, 0.4) is 0 Å². The predicted octanol–water partition coefficient (Wildman–Crippen LogP) is 3.79. The van der Waals surface area contributed by atoms with E-state index in [0.717, 1.165) is 16.8 Å². The molecule has 3 rings (SSSR count). The topological polar surface area (TPSA) is 78.5 Å². The molecule has 6 nitrogen and oxygen atoms in total. The van der Waals surface area contributed by atoms with E-state index in [0.29, 0.717) is 17.8 Å². The Balaban J connectivity index is 1.62. The average Bonchev–Trinajstić information content (AvgIpc) is 2.74. The van der Waals surface area contributed by atoms with Gasteiger partial charge >= 0.3 is 0 Å². The molecule has 7 heteroatoms. The summed E-state index contributed by atoms with van der Waals surface area (Å²) < 4.78 is 27.6. The van der Waals surface area contributed by atoms with Crippen LogP contribution in [0.4, 0.5) is 11.4 Å². The van der Waals surface area contributed by atoms with Crippen LogP contribution >= 0.6 is 0 Å². The number of anilines is 2. The van der Waals surface area contributed by atoms with Crippen molar-refractivity contribution in [3.63, 3.8) is 0 Å². The van der Waals surface area contributed by atoms with Gasteiger partial charge in [-0.3, -0.25) is 9.52 Å². The molecule has 0 atom stereocenters. The van der Waals surface area contributed by atoms with E-state index >= 15 is 0 Å². The zero-order valence-electron chi connectivity index (χ0n) is 17.2. The van der Waals surface area contributed by atoms with E-state index in [4.69, 9.17) is 0 Å². The molecule has 3 aromatic carbocycles. The Bertz CT molecular complexity index is 1110. The highest BCUT2D eigenvalue weighted by atomic mass is 32.2. The highest BCUT2D eigenvalue weighted by Crippen LogP contribution is 2.17. The Morgan fingerprint density at radius 3 is 2.03 bits per heavy atom. The number of hydrogen-bond donors (Lipinski definition) is 2. The van der Waals surface area contributed by atoms with Crippen LogP contribution in [0, 0.1) is 6.92 Å². The molecule has 0 unspecified atom stereocenters. The Morgan fingerprint density at radius 1 is 0.867 bits per heavy atom. The molecule has 0 saturated heterocycles. The number of nitrogens with zero attached hydrogens (tertiary/aromatic N) is 1. The van der Waals surface area contributed by atoms with Crippen LogP contribution in [0.25, 0.3) is 0 Å². The molecule has 30 heavy (non-hydrogen) atoms. The molecule has 0 aliphatic heterocycles. The molecule has 1 amide bonds. The molecular weight excluding hydrogens is 398 g/mol. The lowest BCUT2D eigenvalue weighted by Gasteiger charge is -2.13. The number of aryl methyl sites for hydroxylation is 1. The van der Waals surface area contributed by atoms with Gasteiger partial charge in [0.1, 0.15) is 0 Å². The number of hydrogen-bond acceptors (Lipinski definition) is 4. The molecule has 2 N–H and O–H groups in total. The summed E-state index contributed by atoms with van der Waals surface area (Å²) in [5.41, 5.74) is 4.00. The molecule has 0 heterocycles. The number of carbonyl (C=O) groups is 1. The van der Waals surface area contributed by atoms with Gasteiger partial charge in [-0.1, -0.05) is 29.8 Å². The lowest BCUT2D eigenvalue weighted by atomic mass is 10.2. The van der Waals surface area contributed by atoms with Gasteiger partial charge in [-0.15, -0.1) is 0 Å². The molecule has 0 spiro atoms. The van der Waals surface area contributed by atoms with Crippen molar-refractivity contribution < 1.29 is 13.2 Å². The molecule has 0 saturated carbocycles. The minimum atomic E-state index is -3.72. The third-order valence-corrected chi connectivity index (χ3v) is 6.03. The van der Waals surface area contributed by atoms with Gasteiger partial charge in [-0.25, -0.2) is 8.42 Å². The molecule has 0 radical (unpaired) electrons. The summed E-state index contributed by atoms with van der Waals surface area (Å²) >= 11 is 0. The molecular formula is C23H25N3O3S. The van der Waals surface area contributed by atoms with Crippen LogP contribution in [0.2, 0.25) is 0 Å². The molecule has 156 valence electrons. The van der Waals surface area contributed by atoms with Crippen LogP contribution in [0.15, 0.2) is 77.7 Å².